The molecule has 2 heterocycles. The first kappa shape index (κ1) is 13.9. The lowest BCUT2D eigenvalue weighted by atomic mass is 9.90. The summed E-state index contributed by atoms with van der Waals surface area (Å²) in [6, 6.07) is 6.22. The number of hydrogen-bond acceptors (Lipinski definition) is 4. The minimum absolute atomic E-state index is 0.243. The number of fused-ring (bicyclic) bond motifs is 1. The summed E-state index contributed by atoms with van der Waals surface area (Å²) in [5.41, 5.74) is 8.77. The van der Waals surface area contributed by atoms with Gasteiger partial charge in [-0.15, -0.1) is 0 Å². The third-order valence-corrected chi connectivity index (χ3v) is 4.07. The molecule has 3 rings (SSSR count). The maximum Gasteiger partial charge on any atom is 0.409 e. The van der Waals surface area contributed by atoms with Crippen molar-refractivity contribution in [1.29, 1.82) is 0 Å². The van der Waals surface area contributed by atoms with Gasteiger partial charge < -0.3 is 20.4 Å². The molecule has 1 atom stereocenters. The SMILES string of the molecule is COC(=O)N1CCCC(c2ccc3nc(CN)[nH]c3c2)C1. The number of benzene rings is 1. The number of nitrogens with zero attached hydrogens (tertiary/aromatic N) is 2. The van der Waals surface area contributed by atoms with Crippen LogP contribution in [0.25, 0.3) is 11.0 Å². The summed E-state index contributed by atoms with van der Waals surface area (Å²) < 4.78 is 4.82. The van der Waals surface area contributed by atoms with Gasteiger partial charge in [-0.3, -0.25) is 0 Å². The molecule has 1 aromatic carbocycles. The third-order valence-electron chi connectivity index (χ3n) is 4.07. The number of aromatic amines is 1. The molecule has 1 amide bonds. The lowest BCUT2D eigenvalue weighted by Crippen LogP contribution is -2.38. The van der Waals surface area contributed by atoms with Gasteiger partial charge in [-0.2, -0.15) is 0 Å². The van der Waals surface area contributed by atoms with E-state index in [9.17, 15) is 4.79 Å². The summed E-state index contributed by atoms with van der Waals surface area (Å²) in [4.78, 5) is 21.1. The second kappa shape index (κ2) is 5.73. The van der Waals surface area contributed by atoms with Crippen molar-refractivity contribution in [3.63, 3.8) is 0 Å². The Bertz CT molecular complexity index is 652. The average Bonchev–Trinajstić information content (AvgIpc) is 2.96. The zero-order chi connectivity index (χ0) is 14.8. The van der Waals surface area contributed by atoms with Crippen LogP contribution in [-0.4, -0.2) is 41.2 Å². The van der Waals surface area contributed by atoms with E-state index >= 15 is 0 Å². The topological polar surface area (TPSA) is 84.2 Å². The standard InChI is InChI=1S/C15H20N4O2/c1-21-15(20)19-6-2-3-11(9-19)10-4-5-12-13(7-10)18-14(8-16)17-12/h4-5,7,11H,2-3,6,8-9,16H2,1H3,(H,17,18). The van der Waals surface area contributed by atoms with Crippen LogP contribution in [0.4, 0.5) is 4.79 Å². The lowest BCUT2D eigenvalue weighted by Gasteiger charge is -2.31. The molecule has 0 radical (unpaired) electrons. The molecule has 1 saturated heterocycles. The summed E-state index contributed by atoms with van der Waals surface area (Å²) in [7, 11) is 1.43. The van der Waals surface area contributed by atoms with Crippen LogP contribution in [0.5, 0.6) is 0 Å². The number of methoxy groups -OCH3 is 1. The maximum absolute atomic E-state index is 11.7. The van der Waals surface area contributed by atoms with Crippen LogP contribution >= 0.6 is 0 Å². The largest absolute Gasteiger partial charge is 0.453 e. The van der Waals surface area contributed by atoms with E-state index in [-0.39, 0.29) is 6.09 Å². The van der Waals surface area contributed by atoms with E-state index in [1.54, 1.807) is 4.90 Å². The second-order valence-electron chi connectivity index (χ2n) is 5.42. The van der Waals surface area contributed by atoms with E-state index in [2.05, 4.69) is 22.1 Å². The Balaban J connectivity index is 1.83. The van der Waals surface area contributed by atoms with Crippen molar-refractivity contribution in [2.45, 2.75) is 25.3 Å². The van der Waals surface area contributed by atoms with E-state index < -0.39 is 0 Å². The number of carbonyl (C=O) groups excluding carboxylic acids is 1. The molecular formula is C15H20N4O2. The number of nitrogens with one attached hydrogen (secondary N) is 1. The first-order chi connectivity index (χ1) is 10.2. The number of hydrogen-bond donors (Lipinski definition) is 2. The van der Waals surface area contributed by atoms with Crippen LogP contribution in [0, 0.1) is 0 Å². The molecule has 0 bridgehead atoms. The third kappa shape index (κ3) is 2.71. The van der Waals surface area contributed by atoms with Gasteiger partial charge in [0.1, 0.15) is 5.82 Å². The predicted octanol–water partition coefficient (Wildman–Crippen LogP) is 1.97. The highest BCUT2D eigenvalue weighted by Crippen LogP contribution is 2.29. The fourth-order valence-electron chi connectivity index (χ4n) is 2.97. The van der Waals surface area contributed by atoms with Crippen LogP contribution in [-0.2, 0) is 11.3 Å². The Morgan fingerprint density at radius 2 is 2.43 bits per heavy atom. The Morgan fingerprint density at radius 3 is 3.19 bits per heavy atom. The lowest BCUT2D eigenvalue weighted by molar-refractivity contribution is 0.111. The van der Waals surface area contributed by atoms with Crippen molar-refractivity contribution in [3.8, 4) is 0 Å². The fraction of sp³-hybridized carbons (Fsp3) is 0.467. The molecular weight excluding hydrogens is 268 g/mol. The molecule has 0 aliphatic carbocycles. The molecule has 0 saturated carbocycles. The highest BCUT2D eigenvalue weighted by atomic mass is 16.5. The summed E-state index contributed by atoms with van der Waals surface area (Å²) in [5.74, 6) is 1.13. The second-order valence-corrected chi connectivity index (χ2v) is 5.42. The number of nitrogens with two attached hydrogens (primary N) is 1. The molecule has 2 aromatic rings. The molecule has 3 N–H and O–H groups in total. The van der Waals surface area contributed by atoms with E-state index in [0.29, 0.717) is 19.0 Å². The monoisotopic (exact) mass is 288 g/mol. The summed E-state index contributed by atoms with van der Waals surface area (Å²) in [5, 5.41) is 0. The summed E-state index contributed by atoms with van der Waals surface area (Å²) >= 11 is 0. The average molecular weight is 288 g/mol. The maximum atomic E-state index is 11.7. The molecule has 0 spiro atoms. The van der Waals surface area contributed by atoms with E-state index in [0.717, 1.165) is 36.2 Å². The molecule has 6 nitrogen and oxygen atoms in total. The predicted molar refractivity (Wildman–Crippen MR) is 79.9 cm³/mol. The number of likely N-dealkylation sites (tertiary alicyclic amines) is 1. The molecule has 1 aliphatic rings. The van der Waals surface area contributed by atoms with Crippen molar-refractivity contribution < 1.29 is 9.53 Å². The summed E-state index contributed by atoms with van der Waals surface area (Å²) in [6.45, 7) is 1.88. The minimum atomic E-state index is -0.243. The first-order valence-electron chi connectivity index (χ1n) is 7.22. The zero-order valence-corrected chi connectivity index (χ0v) is 12.1. The van der Waals surface area contributed by atoms with Crippen LogP contribution < -0.4 is 5.73 Å². The number of piperidine rings is 1. The van der Waals surface area contributed by atoms with Crippen molar-refractivity contribution in [1.82, 2.24) is 14.9 Å². The Labute approximate surface area is 123 Å². The number of ether oxygens (including phenoxy) is 1. The molecule has 21 heavy (non-hydrogen) atoms. The van der Waals surface area contributed by atoms with Crippen LogP contribution in [0.3, 0.4) is 0 Å². The van der Waals surface area contributed by atoms with Crippen LogP contribution in [0.15, 0.2) is 18.2 Å². The van der Waals surface area contributed by atoms with Gasteiger partial charge >= 0.3 is 6.09 Å². The van der Waals surface area contributed by atoms with Gasteiger partial charge in [-0.1, -0.05) is 6.07 Å². The molecule has 1 aliphatic heterocycles. The van der Waals surface area contributed by atoms with Gasteiger partial charge in [0.05, 0.1) is 24.7 Å². The number of imidazole rings is 1. The molecule has 112 valence electrons. The van der Waals surface area contributed by atoms with Gasteiger partial charge in [0.25, 0.3) is 0 Å². The summed E-state index contributed by atoms with van der Waals surface area (Å²) in [6.07, 6.45) is 1.83. The van der Waals surface area contributed by atoms with Gasteiger partial charge in [-0.05, 0) is 30.5 Å². The van der Waals surface area contributed by atoms with E-state index in [1.165, 1.54) is 12.7 Å². The Morgan fingerprint density at radius 1 is 1.57 bits per heavy atom. The highest BCUT2D eigenvalue weighted by Gasteiger charge is 2.25. The smallest absolute Gasteiger partial charge is 0.409 e. The minimum Gasteiger partial charge on any atom is -0.453 e. The number of amides is 1. The van der Waals surface area contributed by atoms with Gasteiger partial charge in [0.15, 0.2) is 0 Å². The van der Waals surface area contributed by atoms with Crippen LogP contribution in [0.1, 0.15) is 30.1 Å². The number of carbonyl (C=O) groups is 1. The Kier molecular flexibility index (Phi) is 3.79. The highest BCUT2D eigenvalue weighted by molar-refractivity contribution is 5.76. The number of rotatable bonds is 2. The van der Waals surface area contributed by atoms with Crippen molar-refractivity contribution in [2.24, 2.45) is 5.73 Å². The van der Waals surface area contributed by atoms with Gasteiger partial charge in [-0.25, -0.2) is 9.78 Å². The zero-order valence-electron chi connectivity index (χ0n) is 12.1. The Hall–Kier alpha value is -2.08. The van der Waals surface area contributed by atoms with E-state index in [4.69, 9.17) is 10.5 Å². The molecule has 6 heteroatoms. The normalized spacial score (nSPS) is 19.0. The number of H-pyrrole nitrogens is 1. The fourth-order valence-corrected chi connectivity index (χ4v) is 2.97. The molecule has 1 fully saturated rings. The van der Waals surface area contributed by atoms with E-state index in [1.807, 2.05) is 6.07 Å². The van der Waals surface area contributed by atoms with Crippen molar-refractivity contribution >= 4 is 17.1 Å². The molecule has 1 unspecified atom stereocenters. The van der Waals surface area contributed by atoms with Gasteiger partial charge in [0.2, 0.25) is 0 Å². The quantitative estimate of drug-likeness (QED) is 0.884. The van der Waals surface area contributed by atoms with Crippen molar-refractivity contribution in [2.75, 3.05) is 20.2 Å². The van der Waals surface area contributed by atoms with Crippen molar-refractivity contribution in [3.05, 3.63) is 29.6 Å². The number of aromatic nitrogens is 2. The van der Waals surface area contributed by atoms with Crippen LogP contribution in [0.2, 0.25) is 0 Å². The molecule has 1 aromatic heterocycles. The first-order valence-corrected chi connectivity index (χ1v) is 7.22. The van der Waals surface area contributed by atoms with Gasteiger partial charge in [0, 0.05) is 19.0 Å².